The Kier molecular flexibility index (Phi) is 5.56. The van der Waals surface area contributed by atoms with Crippen LogP contribution in [0.1, 0.15) is 18.5 Å². The van der Waals surface area contributed by atoms with E-state index in [1.165, 1.54) is 30.0 Å². The zero-order valence-corrected chi connectivity index (χ0v) is 12.1. The molecule has 0 heterocycles. The first kappa shape index (κ1) is 15.0. The highest BCUT2D eigenvalue weighted by Crippen LogP contribution is 2.26. The summed E-state index contributed by atoms with van der Waals surface area (Å²) in [4.78, 5) is 0.637. The Bertz CT molecular complexity index is 542. The first-order valence-electron chi connectivity index (χ1n) is 6.57. The fourth-order valence-corrected chi connectivity index (χ4v) is 2.99. The van der Waals surface area contributed by atoms with E-state index in [9.17, 15) is 8.78 Å². The van der Waals surface area contributed by atoms with Crippen LogP contribution in [0.25, 0.3) is 0 Å². The first-order valence-corrected chi connectivity index (χ1v) is 7.55. The van der Waals surface area contributed by atoms with E-state index in [0.29, 0.717) is 10.6 Å². The quantitative estimate of drug-likeness (QED) is 0.792. The average molecular weight is 293 g/mol. The smallest absolute Gasteiger partial charge is 0.136 e. The van der Waals surface area contributed by atoms with Gasteiger partial charge in [-0.2, -0.15) is 0 Å². The number of benzene rings is 2. The molecule has 106 valence electrons. The van der Waals surface area contributed by atoms with E-state index in [2.05, 4.69) is 5.32 Å². The van der Waals surface area contributed by atoms with Crippen molar-refractivity contribution in [2.75, 3.05) is 12.3 Å². The minimum absolute atomic E-state index is 0.0743. The standard InChI is InChI=1S/C16H17F2NS/c1-2-19-15(12-7-9-13(17)10-8-12)11-20-16-6-4-3-5-14(16)18/h3-10,15,19H,2,11H2,1H3. The highest BCUT2D eigenvalue weighted by atomic mass is 32.2. The Morgan fingerprint density at radius 3 is 2.40 bits per heavy atom. The van der Waals surface area contributed by atoms with E-state index < -0.39 is 0 Å². The van der Waals surface area contributed by atoms with Crippen molar-refractivity contribution in [3.63, 3.8) is 0 Å². The number of hydrogen-bond acceptors (Lipinski definition) is 2. The van der Waals surface area contributed by atoms with Gasteiger partial charge in [0, 0.05) is 16.7 Å². The van der Waals surface area contributed by atoms with Crippen LogP contribution >= 0.6 is 11.8 Å². The predicted octanol–water partition coefficient (Wildman–Crippen LogP) is 4.41. The number of thioether (sulfide) groups is 1. The summed E-state index contributed by atoms with van der Waals surface area (Å²) in [5.74, 6) is 0.248. The number of halogens is 2. The minimum Gasteiger partial charge on any atom is -0.309 e. The van der Waals surface area contributed by atoms with Gasteiger partial charge in [0.2, 0.25) is 0 Å². The van der Waals surface area contributed by atoms with E-state index in [1.54, 1.807) is 24.3 Å². The molecule has 0 aromatic heterocycles. The molecule has 0 radical (unpaired) electrons. The maximum atomic E-state index is 13.6. The third-order valence-electron chi connectivity index (χ3n) is 2.97. The second kappa shape index (κ2) is 7.41. The minimum atomic E-state index is -0.245. The zero-order valence-electron chi connectivity index (χ0n) is 11.3. The zero-order chi connectivity index (χ0) is 14.4. The summed E-state index contributed by atoms with van der Waals surface area (Å²) in [5.41, 5.74) is 1.01. The van der Waals surface area contributed by atoms with Gasteiger partial charge in [-0.25, -0.2) is 8.78 Å². The molecule has 2 aromatic carbocycles. The molecule has 1 N–H and O–H groups in total. The Labute approximate surface area is 122 Å². The molecule has 0 aliphatic heterocycles. The van der Waals surface area contributed by atoms with Crippen LogP contribution in [0.4, 0.5) is 8.78 Å². The number of hydrogen-bond donors (Lipinski definition) is 1. The van der Waals surface area contributed by atoms with Crippen LogP contribution in [0.5, 0.6) is 0 Å². The van der Waals surface area contributed by atoms with E-state index >= 15 is 0 Å². The maximum absolute atomic E-state index is 13.6. The normalized spacial score (nSPS) is 12.3. The van der Waals surface area contributed by atoms with Gasteiger partial charge in [-0.15, -0.1) is 11.8 Å². The lowest BCUT2D eigenvalue weighted by Crippen LogP contribution is -2.23. The molecular formula is C16H17F2NS. The van der Waals surface area contributed by atoms with Crippen LogP contribution in [-0.4, -0.2) is 12.3 Å². The van der Waals surface area contributed by atoms with Crippen LogP contribution in [0.15, 0.2) is 53.4 Å². The lowest BCUT2D eigenvalue weighted by Gasteiger charge is -2.18. The largest absolute Gasteiger partial charge is 0.309 e. The molecule has 0 aliphatic carbocycles. The topological polar surface area (TPSA) is 12.0 Å². The van der Waals surface area contributed by atoms with Crippen molar-refractivity contribution in [1.29, 1.82) is 0 Å². The molecule has 4 heteroatoms. The van der Waals surface area contributed by atoms with Gasteiger partial charge in [-0.1, -0.05) is 31.2 Å². The van der Waals surface area contributed by atoms with Gasteiger partial charge in [-0.3, -0.25) is 0 Å². The average Bonchev–Trinajstić information content (AvgIpc) is 2.46. The first-order chi connectivity index (χ1) is 9.70. The van der Waals surface area contributed by atoms with Crippen LogP contribution in [0, 0.1) is 11.6 Å². The van der Waals surface area contributed by atoms with Gasteiger partial charge in [0.15, 0.2) is 0 Å². The molecule has 2 rings (SSSR count). The van der Waals surface area contributed by atoms with Crippen molar-refractivity contribution in [3.05, 3.63) is 65.7 Å². The molecule has 0 amide bonds. The van der Waals surface area contributed by atoms with Crippen molar-refractivity contribution in [2.24, 2.45) is 0 Å². The van der Waals surface area contributed by atoms with E-state index in [0.717, 1.165) is 12.1 Å². The fourth-order valence-electron chi connectivity index (χ4n) is 1.95. The lowest BCUT2D eigenvalue weighted by atomic mass is 10.1. The summed E-state index contributed by atoms with van der Waals surface area (Å²) in [6.07, 6.45) is 0. The summed E-state index contributed by atoms with van der Waals surface area (Å²) in [6.45, 7) is 2.82. The third kappa shape index (κ3) is 4.05. The maximum Gasteiger partial charge on any atom is 0.136 e. The third-order valence-corrected chi connectivity index (χ3v) is 4.11. The molecule has 1 unspecified atom stereocenters. The summed E-state index contributed by atoms with van der Waals surface area (Å²) in [5, 5.41) is 3.34. The molecule has 0 aliphatic rings. The number of nitrogens with one attached hydrogen (secondary N) is 1. The summed E-state index contributed by atoms with van der Waals surface area (Å²) >= 11 is 1.46. The molecule has 20 heavy (non-hydrogen) atoms. The van der Waals surface area contributed by atoms with E-state index in [4.69, 9.17) is 0 Å². The number of rotatable bonds is 6. The van der Waals surface area contributed by atoms with E-state index in [1.807, 2.05) is 13.0 Å². The van der Waals surface area contributed by atoms with Gasteiger partial charge in [0.25, 0.3) is 0 Å². The molecule has 1 nitrogen and oxygen atoms in total. The van der Waals surface area contributed by atoms with Crippen molar-refractivity contribution < 1.29 is 8.78 Å². The van der Waals surface area contributed by atoms with Crippen molar-refractivity contribution in [3.8, 4) is 0 Å². The van der Waals surface area contributed by atoms with Crippen molar-refractivity contribution in [1.82, 2.24) is 5.32 Å². The molecule has 0 bridgehead atoms. The van der Waals surface area contributed by atoms with Gasteiger partial charge in [0.1, 0.15) is 11.6 Å². The predicted molar refractivity (Wildman–Crippen MR) is 79.9 cm³/mol. The van der Waals surface area contributed by atoms with Crippen molar-refractivity contribution in [2.45, 2.75) is 17.9 Å². The summed E-state index contributed by atoms with van der Waals surface area (Å²) < 4.78 is 26.6. The van der Waals surface area contributed by atoms with Crippen LogP contribution < -0.4 is 5.32 Å². The second-order valence-corrected chi connectivity index (χ2v) is 5.47. The Balaban J connectivity index is 2.06. The van der Waals surface area contributed by atoms with Crippen LogP contribution in [0.3, 0.4) is 0 Å². The monoisotopic (exact) mass is 293 g/mol. The molecule has 0 saturated carbocycles. The van der Waals surface area contributed by atoms with Crippen LogP contribution in [0.2, 0.25) is 0 Å². The summed E-state index contributed by atoms with van der Waals surface area (Å²) in [7, 11) is 0. The molecule has 1 atom stereocenters. The highest BCUT2D eigenvalue weighted by molar-refractivity contribution is 7.99. The van der Waals surface area contributed by atoms with Gasteiger partial charge in [-0.05, 0) is 36.4 Å². The molecule has 2 aromatic rings. The Morgan fingerprint density at radius 1 is 1.05 bits per heavy atom. The Morgan fingerprint density at radius 2 is 1.75 bits per heavy atom. The Hall–Kier alpha value is -1.39. The van der Waals surface area contributed by atoms with Crippen LogP contribution in [-0.2, 0) is 0 Å². The second-order valence-electron chi connectivity index (χ2n) is 4.40. The van der Waals surface area contributed by atoms with Crippen molar-refractivity contribution >= 4 is 11.8 Å². The summed E-state index contributed by atoms with van der Waals surface area (Å²) in [6, 6.07) is 13.3. The van der Waals surface area contributed by atoms with E-state index in [-0.39, 0.29) is 17.7 Å². The molecule has 0 saturated heterocycles. The molecular weight excluding hydrogens is 276 g/mol. The fraction of sp³-hybridized carbons (Fsp3) is 0.250. The van der Waals surface area contributed by atoms with Gasteiger partial charge < -0.3 is 5.32 Å². The molecule has 0 fully saturated rings. The van der Waals surface area contributed by atoms with Gasteiger partial charge in [0.05, 0.1) is 0 Å². The highest BCUT2D eigenvalue weighted by Gasteiger charge is 2.12. The SMILES string of the molecule is CCNC(CSc1ccccc1F)c1ccc(F)cc1. The van der Waals surface area contributed by atoms with Gasteiger partial charge >= 0.3 is 0 Å². The lowest BCUT2D eigenvalue weighted by molar-refractivity contribution is 0.592. The molecule has 0 spiro atoms.